The fourth-order valence-electron chi connectivity index (χ4n) is 2.38. The molecule has 0 bridgehead atoms. The summed E-state index contributed by atoms with van der Waals surface area (Å²) < 4.78 is 12.1. The second-order valence-corrected chi connectivity index (χ2v) is 5.46. The first-order chi connectivity index (χ1) is 9.19. The third-order valence-corrected chi connectivity index (χ3v) is 3.71. The zero-order valence-corrected chi connectivity index (χ0v) is 11.7. The second-order valence-electron chi connectivity index (χ2n) is 5.12. The van der Waals surface area contributed by atoms with Crippen LogP contribution in [0.5, 0.6) is 0 Å². The van der Waals surface area contributed by atoms with Gasteiger partial charge in [-0.3, -0.25) is 4.39 Å². The van der Waals surface area contributed by atoms with Crippen LogP contribution in [0, 0.1) is 5.92 Å². The molecule has 106 valence electrons. The summed E-state index contributed by atoms with van der Waals surface area (Å²) in [4.78, 5) is 8.20. The maximum Gasteiger partial charge on any atom is 0.224 e. The van der Waals surface area contributed by atoms with Gasteiger partial charge in [0.05, 0.1) is 6.67 Å². The summed E-state index contributed by atoms with van der Waals surface area (Å²) >= 11 is 5.80. The van der Waals surface area contributed by atoms with Gasteiger partial charge in [-0.05, 0) is 49.6 Å². The zero-order chi connectivity index (χ0) is 13.7. The third kappa shape index (κ3) is 4.28. The number of aryl methyl sites for hydroxylation is 1. The summed E-state index contributed by atoms with van der Waals surface area (Å²) in [6.45, 7) is 0.228. The van der Waals surface area contributed by atoms with E-state index in [1.165, 1.54) is 0 Å². The van der Waals surface area contributed by atoms with Crippen molar-refractivity contribution in [2.24, 2.45) is 11.7 Å². The van der Waals surface area contributed by atoms with E-state index in [4.69, 9.17) is 17.3 Å². The van der Waals surface area contributed by atoms with E-state index in [0.717, 1.165) is 37.1 Å². The number of nitrogens with two attached hydrogens (primary N) is 1. The van der Waals surface area contributed by atoms with Crippen LogP contribution in [0.2, 0.25) is 5.28 Å². The molecule has 0 radical (unpaired) electrons. The van der Waals surface area contributed by atoms with Crippen LogP contribution in [0.3, 0.4) is 0 Å². The van der Waals surface area contributed by atoms with E-state index >= 15 is 0 Å². The molecule has 0 amide bonds. The Hall–Kier alpha value is -0.940. The van der Waals surface area contributed by atoms with Gasteiger partial charge >= 0.3 is 0 Å². The van der Waals surface area contributed by atoms with E-state index in [-0.39, 0.29) is 12.0 Å². The summed E-state index contributed by atoms with van der Waals surface area (Å²) in [5.41, 5.74) is 6.82. The van der Waals surface area contributed by atoms with Crippen LogP contribution < -0.4 is 11.1 Å². The SMILES string of the molecule is N[C@H]1C[C@@H](CCc2cnc(Cl)nc2NCCCF)C1. The van der Waals surface area contributed by atoms with Crippen LogP contribution in [0.15, 0.2) is 6.20 Å². The molecule has 1 fully saturated rings. The van der Waals surface area contributed by atoms with E-state index in [2.05, 4.69) is 15.3 Å². The minimum absolute atomic E-state index is 0.220. The maximum absolute atomic E-state index is 12.1. The Morgan fingerprint density at radius 3 is 2.95 bits per heavy atom. The normalized spacial score (nSPS) is 22.1. The molecule has 0 aliphatic heterocycles. The number of nitrogens with one attached hydrogen (secondary N) is 1. The van der Waals surface area contributed by atoms with Gasteiger partial charge in [0, 0.05) is 24.3 Å². The smallest absolute Gasteiger partial charge is 0.224 e. The first-order valence-electron chi connectivity index (χ1n) is 6.76. The van der Waals surface area contributed by atoms with E-state index in [0.29, 0.717) is 24.9 Å². The minimum Gasteiger partial charge on any atom is -0.370 e. The molecule has 0 aromatic carbocycles. The molecule has 1 aliphatic rings. The molecule has 4 nitrogen and oxygen atoms in total. The van der Waals surface area contributed by atoms with E-state index < -0.39 is 0 Å². The Morgan fingerprint density at radius 1 is 1.47 bits per heavy atom. The van der Waals surface area contributed by atoms with Crippen molar-refractivity contribution in [2.45, 2.75) is 38.1 Å². The van der Waals surface area contributed by atoms with Gasteiger partial charge < -0.3 is 11.1 Å². The third-order valence-electron chi connectivity index (χ3n) is 3.53. The highest BCUT2D eigenvalue weighted by Crippen LogP contribution is 2.30. The quantitative estimate of drug-likeness (QED) is 0.597. The van der Waals surface area contributed by atoms with Gasteiger partial charge in [0.1, 0.15) is 5.82 Å². The Labute approximate surface area is 118 Å². The summed E-state index contributed by atoms with van der Waals surface area (Å²) in [6.07, 6.45) is 6.45. The Bertz CT molecular complexity index is 410. The number of rotatable bonds is 7. The largest absolute Gasteiger partial charge is 0.370 e. The fourth-order valence-corrected chi connectivity index (χ4v) is 2.51. The van der Waals surface area contributed by atoms with Crippen LogP contribution in [0.1, 0.15) is 31.2 Å². The van der Waals surface area contributed by atoms with Crippen molar-refractivity contribution in [3.63, 3.8) is 0 Å². The lowest BCUT2D eigenvalue weighted by atomic mass is 9.77. The van der Waals surface area contributed by atoms with Crippen LogP contribution in [-0.2, 0) is 6.42 Å². The highest BCUT2D eigenvalue weighted by atomic mass is 35.5. The van der Waals surface area contributed by atoms with E-state index in [9.17, 15) is 4.39 Å². The molecule has 3 N–H and O–H groups in total. The van der Waals surface area contributed by atoms with Gasteiger partial charge in [-0.15, -0.1) is 0 Å². The van der Waals surface area contributed by atoms with Crippen molar-refractivity contribution >= 4 is 17.4 Å². The fraction of sp³-hybridized carbons (Fsp3) is 0.692. The summed E-state index contributed by atoms with van der Waals surface area (Å²) in [6, 6.07) is 0.383. The molecule has 0 spiro atoms. The van der Waals surface area contributed by atoms with Crippen molar-refractivity contribution in [2.75, 3.05) is 18.5 Å². The van der Waals surface area contributed by atoms with E-state index in [1.807, 2.05) is 0 Å². The maximum atomic E-state index is 12.1. The van der Waals surface area contributed by atoms with Gasteiger partial charge in [-0.25, -0.2) is 9.97 Å². The molecule has 19 heavy (non-hydrogen) atoms. The number of aromatic nitrogens is 2. The number of hydrogen-bond acceptors (Lipinski definition) is 4. The van der Waals surface area contributed by atoms with E-state index in [1.54, 1.807) is 6.20 Å². The van der Waals surface area contributed by atoms with Crippen LogP contribution in [0.4, 0.5) is 10.2 Å². The second kappa shape index (κ2) is 7.01. The lowest BCUT2D eigenvalue weighted by Crippen LogP contribution is -2.36. The first-order valence-corrected chi connectivity index (χ1v) is 7.13. The molecule has 0 atom stereocenters. The van der Waals surface area contributed by atoms with Gasteiger partial charge in [0.2, 0.25) is 5.28 Å². The van der Waals surface area contributed by atoms with Crippen molar-refractivity contribution in [1.82, 2.24) is 9.97 Å². The molecular formula is C13H20ClFN4. The van der Waals surface area contributed by atoms with Gasteiger partial charge in [-0.2, -0.15) is 0 Å². The molecule has 0 saturated heterocycles. The van der Waals surface area contributed by atoms with Crippen LogP contribution in [-0.4, -0.2) is 29.2 Å². The van der Waals surface area contributed by atoms with Crippen molar-refractivity contribution < 1.29 is 4.39 Å². The van der Waals surface area contributed by atoms with Gasteiger partial charge in [0.25, 0.3) is 0 Å². The summed E-state index contributed by atoms with van der Waals surface area (Å²) in [5.74, 6) is 1.45. The molecular weight excluding hydrogens is 267 g/mol. The Balaban J connectivity index is 1.89. The monoisotopic (exact) mass is 286 g/mol. The average molecular weight is 287 g/mol. The molecule has 1 aromatic heterocycles. The number of hydrogen-bond donors (Lipinski definition) is 2. The summed E-state index contributed by atoms with van der Waals surface area (Å²) in [5, 5.41) is 3.34. The molecule has 0 unspecified atom stereocenters. The van der Waals surface area contributed by atoms with Crippen molar-refractivity contribution in [1.29, 1.82) is 0 Å². The van der Waals surface area contributed by atoms with Crippen molar-refractivity contribution in [3.05, 3.63) is 17.0 Å². The number of halogens is 2. The Kier molecular flexibility index (Phi) is 5.34. The van der Waals surface area contributed by atoms with Crippen molar-refractivity contribution in [3.8, 4) is 0 Å². The standard InChI is InChI=1S/C13H20ClFN4/c14-13-18-8-10(3-2-9-6-11(16)7-9)12(19-13)17-5-1-4-15/h8-9,11H,1-7,16H2,(H,17,18,19)/t9-,11+. The molecule has 1 heterocycles. The number of anilines is 1. The lowest BCUT2D eigenvalue weighted by Gasteiger charge is -2.32. The average Bonchev–Trinajstić information content (AvgIpc) is 2.35. The zero-order valence-electron chi connectivity index (χ0n) is 10.9. The highest BCUT2D eigenvalue weighted by molar-refractivity contribution is 6.28. The molecule has 1 saturated carbocycles. The predicted molar refractivity (Wildman–Crippen MR) is 75.1 cm³/mol. The number of nitrogens with zero attached hydrogens (tertiary/aromatic N) is 2. The predicted octanol–water partition coefficient (Wildman–Crippen LogP) is 2.57. The lowest BCUT2D eigenvalue weighted by molar-refractivity contribution is 0.250. The molecule has 1 aliphatic carbocycles. The molecule has 1 aromatic rings. The van der Waals surface area contributed by atoms with Gasteiger partial charge in [-0.1, -0.05) is 0 Å². The summed E-state index contributed by atoms with van der Waals surface area (Å²) in [7, 11) is 0. The van der Waals surface area contributed by atoms with Gasteiger partial charge in [0.15, 0.2) is 0 Å². The highest BCUT2D eigenvalue weighted by Gasteiger charge is 2.25. The molecule has 2 rings (SSSR count). The minimum atomic E-state index is -0.332. The molecule has 6 heteroatoms. The van der Waals surface area contributed by atoms with Crippen LogP contribution in [0.25, 0.3) is 0 Å². The Morgan fingerprint density at radius 2 is 2.26 bits per heavy atom. The topological polar surface area (TPSA) is 63.8 Å². The number of alkyl halides is 1. The van der Waals surface area contributed by atoms with Crippen LogP contribution >= 0.6 is 11.6 Å². The first kappa shape index (κ1) is 14.5.